The van der Waals surface area contributed by atoms with E-state index in [4.69, 9.17) is 0 Å². The molecule has 3 aromatic rings. The van der Waals surface area contributed by atoms with E-state index in [-0.39, 0.29) is 17.0 Å². The van der Waals surface area contributed by atoms with E-state index in [0.29, 0.717) is 10.9 Å². The number of aromatic amines is 1. The Morgan fingerprint density at radius 1 is 1.10 bits per heavy atom. The molecule has 1 N–H and O–H groups in total. The van der Waals surface area contributed by atoms with Gasteiger partial charge in [-0.2, -0.15) is 0 Å². The van der Waals surface area contributed by atoms with E-state index >= 15 is 0 Å². The molecule has 0 spiro atoms. The molecule has 100 valence electrons. The quantitative estimate of drug-likeness (QED) is 0.739. The highest BCUT2D eigenvalue weighted by Crippen LogP contribution is 2.25. The largest absolute Gasteiger partial charge is 0.306 e. The second kappa shape index (κ2) is 4.52. The molecule has 0 unspecified atom stereocenters. The maximum atomic E-state index is 14.1. The van der Waals surface area contributed by atoms with Crippen molar-refractivity contribution in [3.8, 4) is 11.4 Å². The van der Waals surface area contributed by atoms with Crippen LogP contribution in [-0.2, 0) is 0 Å². The molecule has 0 bridgehead atoms. The fourth-order valence-corrected chi connectivity index (χ4v) is 2.08. The van der Waals surface area contributed by atoms with Crippen molar-refractivity contribution in [3.63, 3.8) is 0 Å². The molecule has 0 amide bonds. The molecule has 0 aliphatic carbocycles. The van der Waals surface area contributed by atoms with Gasteiger partial charge in [-0.1, -0.05) is 18.2 Å². The van der Waals surface area contributed by atoms with Gasteiger partial charge in [-0.05, 0) is 30.7 Å². The van der Waals surface area contributed by atoms with Crippen molar-refractivity contribution in [1.82, 2.24) is 9.97 Å². The van der Waals surface area contributed by atoms with Crippen LogP contribution in [0.25, 0.3) is 22.3 Å². The van der Waals surface area contributed by atoms with Gasteiger partial charge in [-0.15, -0.1) is 0 Å². The number of fused-ring (bicyclic) bond motifs is 1. The van der Waals surface area contributed by atoms with Crippen LogP contribution in [0.2, 0.25) is 0 Å². The Labute approximate surface area is 112 Å². The maximum Gasteiger partial charge on any atom is 0.259 e. The number of nitrogens with zero attached hydrogens (tertiary/aromatic N) is 1. The smallest absolute Gasteiger partial charge is 0.259 e. The normalized spacial score (nSPS) is 10.9. The van der Waals surface area contributed by atoms with E-state index in [0.717, 1.165) is 6.07 Å². The molecule has 0 aliphatic rings. The Morgan fingerprint density at radius 3 is 2.65 bits per heavy atom. The van der Waals surface area contributed by atoms with Crippen LogP contribution in [0.4, 0.5) is 8.78 Å². The zero-order valence-electron chi connectivity index (χ0n) is 10.6. The highest BCUT2D eigenvalue weighted by Gasteiger charge is 2.16. The third-order valence-corrected chi connectivity index (χ3v) is 3.13. The number of aromatic nitrogens is 2. The highest BCUT2D eigenvalue weighted by molar-refractivity contribution is 5.79. The minimum Gasteiger partial charge on any atom is -0.306 e. The number of halogens is 2. The lowest BCUT2D eigenvalue weighted by molar-refractivity contribution is 0.581. The lowest BCUT2D eigenvalue weighted by Gasteiger charge is -2.07. The van der Waals surface area contributed by atoms with Gasteiger partial charge < -0.3 is 4.98 Å². The Balaban J connectivity index is 2.36. The average molecular weight is 272 g/mol. The zero-order chi connectivity index (χ0) is 14.3. The minimum absolute atomic E-state index is 0.104. The SMILES string of the molecule is Cc1ccc(F)c(-c2nc3ccccc3c(=O)[nH]2)c1F. The molecule has 3 nitrogen and oxygen atoms in total. The van der Waals surface area contributed by atoms with Crippen molar-refractivity contribution in [2.75, 3.05) is 0 Å². The van der Waals surface area contributed by atoms with E-state index in [2.05, 4.69) is 9.97 Å². The van der Waals surface area contributed by atoms with Gasteiger partial charge in [0, 0.05) is 0 Å². The van der Waals surface area contributed by atoms with E-state index in [1.54, 1.807) is 24.3 Å². The highest BCUT2D eigenvalue weighted by atomic mass is 19.1. The molecule has 0 atom stereocenters. The summed E-state index contributed by atoms with van der Waals surface area (Å²) in [5, 5.41) is 0.379. The standard InChI is InChI=1S/C15H10F2N2O/c1-8-6-7-10(16)12(13(8)17)14-18-11-5-3-2-4-9(11)15(20)19-14/h2-7H,1H3,(H,18,19,20). The van der Waals surface area contributed by atoms with E-state index in [9.17, 15) is 13.6 Å². The summed E-state index contributed by atoms with van der Waals surface area (Å²) in [6.07, 6.45) is 0. The molecular formula is C15H10F2N2O. The number of hydrogen-bond donors (Lipinski definition) is 1. The second-order valence-electron chi connectivity index (χ2n) is 4.48. The Kier molecular flexibility index (Phi) is 2.82. The van der Waals surface area contributed by atoms with E-state index in [1.165, 1.54) is 13.0 Å². The first-order valence-corrected chi connectivity index (χ1v) is 6.02. The predicted molar refractivity (Wildman–Crippen MR) is 72.5 cm³/mol. The Morgan fingerprint density at radius 2 is 1.85 bits per heavy atom. The van der Waals surface area contributed by atoms with Crippen molar-refractivity contribution in [2.24, 2.45) is 0 Å². The summed E-state index contributed by atoms with van der Waals surface area (Å²) in [4.78, 5) is 18.5. The number of para-hydroxylation sites is 1. The molecule has 1 heterocycles. The number of H-pyrrole nitrogens is 1. The molecule has 5 heteroatoms. The lowest BCUT2D eigenvalue weighted by Crippen LogP contribution is -2.11. The fourth-order valence-electron chi connectivity index (χ4n) is 2.08. The van der Waals surface area contributed by atoms with Gasteiger partial charge >= 0.3 is 0 Å². The van der Waals surface area contributed by atoms with Crippen LogP contribution in [0.15, 0.2) is 41.2 Å². The first-order valence-electron chi connectivity index (χ1n) is 6.02. The van der Waals surface area contributed by atoms with Gasteiger partial charge in [0.05, 0.1) is 16.5 Å². The van der Waals surface area contributed by atoms with Gasteiger partial charge in [0.1, 0.15) is 17.5 Å². The third-order valence-electron chi connectivity index (χ3n) is 3.13. The first kappa shape index (κ1) is 12.5. The molecule has 3 rings (SSSR count). The van der Waals surface area contributed by atoms with Crippen molar-refractivity contribution < 1.29 is 8.78 Å². The molecular weight excluding hydrogens is 262 g/mol. The molecule has 1 aromatic heterocycles. The monoisotopic (exact) mass is 272 g/mol. The summed E-state index contributed by atoms with van der Waals surface area (Å²) in [6, 6.07) is 9.14. The summed E-state index contributed by atoms with van der Waals surface area (Å²) in [5.41, 5.74) is -0.0532. The number of benzene rings is 2. The number of hydrogen-bond acceptors (Lipinski definition) is 2. The Bertz CT molecular complexity index is 871. The van der Waals surface area contributed by atoms with Crippen molar-refractivity contribution in [2.45, 2.75) is 6.92 Å². The number of aryl methyl sites for hydroxylation is 1. The average Bonchev–Trinajstić information content (AvgIpc) is 2.44. The lowest BCUT2D eigenvalue weighted by atomic mass is 10.1. The molecule has 0 radical (unpaired) electrons. The molecule has 0 fully saturated rings. The Hall–Kier alpha value is -2.56. The van der Waals surface area contributed by atoms with Gasteiger partial charge in [0.15, 0.2) is 0 Å². The summed E-state index contributed by atoms with van der Waals surface area (Å²) < 4.78 is 27.9. The first-order chi connectivity index (χ1) is 9.58. The summed E-state index contributed by atoms with van der Waals surface area (Å²) in [6.45, 7) is 1.53. The van der Waals surface area contributed by atoms with Crippen LogP contribution in [0.3, 0.4) is 0 Å². The summed E-state index contributed by atoms with van der Waals surface area (Å²) >= 11 is 0. The molecule has 2 aromatic carbocycles. The third kappa shape index (κ3) is 1.87. The van der Waals surface area contributed by atoms with E-state index < -0.39 is 17.2 Å². The van der Waals surface area contributed by atoms with Crippen LogP contribution in [0.1, 0.15) is 5.56 Å². The van der Waals surface area contributed by atoms with Gasteiger partial charge in [0.25, 0.3) is 5.56 Å². The fraction of sp³-hybridized carbons (Fsp3) is 0.0667. The molecule has 0 aliphatic heterocycles. The zero-order valence-corrected chi connectivity index (χ0v) is 10.6. The predicted octanol–water partition coefficient (Wildman–Crippen LogP) is 3.18. The van der Waals surface area contributed by atoms with Crippen molar-refractivity contribution >= 4 is 10.9 Å². The van der Waals surface area contributed by atoms with Crippen LogP contribution in [0.5, 0.6) is 0 Å². The van der Waals surface area contributed by atoms with Crippen LogP contribution >= 0.6 is 0 Å². The topological polar surface area (TPSA) is 45.8 Å². The summed E-state index contributed by atoms with van der Waals surface area (Å²) in [5.74, 6) is -1.58. The van der Waals surface area contributed by atoms with Gasteiger partial charge in [0.2, 0.25) is 0 Å². The molecule has 0 saturated carbocycles. The number of nitrogens with one attached hydrogen (secondary N) is 1. The van der Waals surface area contributed by atoms with Crippen molar-refractivity contribution in [1.29, 1.82) is 0 Å². The van der Waals surface area contributed by atoms with E-state index in [1.807, 2.05) is 0 Å². The van der Waals surface area contributed by atoms with Crippen LogP contribution in [-0.4, -0.2) is 9.97 Å². The van der Waals surface area contributed by atoms with Crippen LogP contribution < -0.4 is 5.56 Å². The van der Waals surface area contributed by atoms with Crippen LogP contribution in [0, 0.1) is 18.6 Å². The maximum absolute atomic E-state index is 14.1. The van der Waals surface area contributed by atoms with Crippen molar-refractivity contribution in [3.05, 3.63) is 63.9 Å². The van der Waals surface area contributed by atoms with Gasteiger partial charge in [-0.25, -0.2) is 13.8 Å². The second-order valence-corrected chi connectivity index (χ2v) is 4.48. The van der Waals surface area contributed by atoms with Gasteiger partial charge in [-0.3, -0.25) is 4.79 Å². The summed E-state index contributed by atoms with van der Waals surface area (Å²) in [7, 11) is 0. The molecule has 0 saturated heterocycles. The molecule has 20 heavy (non-hydrogen) atoms. The number of rotatable bonds is 1. The minimum atomic E-state index is -0.758.